The van der Waals surface area contributed by atoms with E-state index in [4.69, 9.17) is 12.2 Å². The summed E-state index contributed by atoms with van der Waals surface area (Å²) in [5.74, 6) is 0.0505. The molecule has 1 aromatic carbocycles. The van der Waals surface area contributed by atoms with Crippen molar-refractivity contribution in [3.63, 3.8) is 0 Å². The smallest absolute Gasteiger partial charge is 0.238 e. The molecule has 0 aromatic heterocycles. The first-order chi connectivity index (χ1) is 12.0. The summed E-state index contributed by atoms with van der Waals surface area (Å²) in [5.41, 5.74) is 3.13. The van der Waals surface area contributed by atoms with E-state index in [1.807, 2.05) is 32.0 Å². The number of unbranched alkanes of at least 4 members (excludes halogenated alkanes) is 1. The lowest BCUT2D eigenvalue weighted by atomic mass is 10.1. The third kappa shape index (κ3) is 5.97. The van der Waals surface area contributed by atoms with Crippen LogP contribution in [0.5, 0.6) is 0 Å². The van der Waals surface area contributed by atoms with E-state index in [-0.39, 0.29) is 5.91 Å². The van der Waals surface area contributed by atoms with Crippen molar-refractivity contribution in [2.75, 3.05) is 44.6 Å². The molecule has 1 aliphatic rings. The standard InChI is InChI=1S/C19H30N4OS/c1-4-5-9-20-19(25)23-12-10-22(11-13-23)14-17(24)21-18-15(2)7-6-8-16(18)3/h6-8H,4-5,9-14H2,1-3H3,(H,20,25)(H,21,24). The van der Waals surface area contributed by atoms with Crippen LogP contribution in [-0.4, -0.2) is 60.1 Å². The lowest BCUT2D eigenvalue weighted by Crippen LogP contribution is -2.53. The van der Waals surface area contributed by atoms with E-state index < -0.39 is 0 Å². The Morgan fingerprint density at radius 1 is 1.16 bits per heavy atom. The van der Waals surface area contributed by atoms with Crippen molar-refractivity contribution in [2.45, 2.75) is 33.6 Å². The third-order valence-electron chi connectivity index (χ3n) is 4.58. The number of benzene rings is 1. The molecule has 25 heavy (non-hydrogen) atoms. The molecule has 1 aliphatic heterocycles. The van der Waals surface area contributed by atoms with E-state index >= 15 is 0 Å². The van der Waals surface area contributed by atoms with Gasteiger partial charge >= 0.3 is 0 Å². The monoisotopic (exact) mass is 362 g/mol. The summed E-state index contributed by atoms with van der Waals surface area (Å²) in [6.45, 7) is 11.0. The first-order valence-electron chi connectivity index (χ1n) is 9.12. The summed E-state index contributed by atoms with van der Waals surface area (Å²) in [6, 6.07) is 6.05. The molecule has 0 bridgehead atoms. The zero-order valence-corrected chi connectivity index (χ0v) is 16.4. The zero-order valence-electron chi connectivity index (χ0n) is 15.6. The van der Waals surface area contributed by atoms with Crippen LogP contribution in [0.25, 0.3) is 0 Å². The number of thiocarbonyl (C=S) groups is 1. The highest BCUT2D eigenvalue weighted by molar-refractivity contribution is 7.80. The van der Waals surface area contributed by atoms with Gasteiger partial charge in [-0.3, -0.25) is 9.69 Å². The molecule has 0 atom stereocenters. The number of hydrogen-bond acceptors (Lipinski definition) is 3. The van der Waals surface area contributed by atoms with Gasteiger partial charge in [0.05, 0.1) is 6.54 Å². The van der Waals surface area contributed by atoms with Gasteiger partial charge in [0.15, 0.2) is 5.11 Å². The Morgan fingerprint density at radius 2 is 1.80 bits per heavy atom. The van der Waals surface area contributed by atoms with Gasteiger partial charge in [0.2, 0.25) is 5.91 Å². The number of carbonyl (C=O) groups excluding carboxylic acids is 1. The second-order valence-corrected chi connectivity index (χ2v) is 7.05. The van der Waals surface area contributed by atoms with Crippen molar-refractivity contribution in [2.24, 2.45) is 0 Å². The number of carbonyl (C=O) groups is 1. The highest BCUT2D eigenvalue weighted by Gasteiger charge is 2.20. The predicted octanol–water partition coefficient (Wildman–Crippen LogP) is 2.53. The first-order valence-corrected chi connectivity index (χ1v) is 9.53. The zero-order chi connectivity index (χ0) is 18.2. The summed E-state index contributed by atoms with van der Waals surface area (Å²) in [4.78, 5) is 16.8. The quantitative estimate of drug-likeness (QED) is 0.602. The van der Waals surface area contributed by atoms with Crippen molar-refractivity contribution in [1.82, 2.24) is 15.1 Å². The van der Waals surface area contributed by atoms with Crippen LogP contribution in [-0.2, 0) is 4.79 Å². The van der Waals surface area contributed by atoms with Gasteiger partial charge in [0.1, 0.15) is 0 Å². The number of amides is 1. The van der Waals surface area contributed by atoms with Crippen LogP contribution in [0.15, 0.2) is 18.2 Å². The molecular weight excluding hydrogens is 332 g/mol. The largest absolute Gasteiger partial charge is 0.363 e. The number of para-hydroxylation sites is 1. The Morgan fingerprint density at radius 3 is 2.40 bits per heavy atom. The van der Waals surface area contributed by atoms with Crippen LogP contribution in [0.4, 0.5) is 5.69 Å². The fourth-order valence-corrected chi connectivity index (χ4v) is 3.27. The molecule has 1 saturated heterocycles. The van der Waals surface area contributed by atoms with Crippen LogP contribution in [0.1, 0.15) is 30.9 Å². The van der Waals surface area contributed by atoms with Gasteiger partial charge < -0.3 is 15.5 Å². The molecule has 0 radical (unpaired) electrons. The first kappa shape index (κ1) is 19.7. The Hall–Kier alpha value is -1.66. The number of hydrogen-bond donors (Lipinski definition) is 2. The molecule has 1 fully saturated rings. The number of piperazine rings is 1. The van der Waals surface area contributed by atoms with Crippen molar-refractivity contribution in [1.29, 1.82) is 0 Å². The van der Waals surface area contributed by atoms with Crippen molar-refractivity contribution in [3.05, 3.63) is 29.3 Å². The van der Waals surface area contributed by atoms with Gasteiger partial charge in [-0.1, -0.05) is 31.5 Å². The van der Waals surface area contributed by atoms with E-state index in [9.17, 15) is 4.79 Å². The fourth-order valence-electron chi connectivity index (χ4n) is 2.99. The van der Waals surface area contributed by atoms with E-state index in [1.165, 1.54) is 6.42 Å². The molecular formula is C19H30N4OS. The molecule has 1 heterocycles. The maximum absolute atomic E-state index is 12.4. The Labute approximate surface area is 156 Å². The maximum atomic E-state index is 12.4. The molecule has 2 N–H and O–H groups in total. The topological polar surface area (TPSA) is 47.6 Å². The summed E-state index contributed by atoms with van der Waals surface area (Å²) in [7, 11) is 0. The average molecular weight is 363 g/mol. The molecule has 0 aliphatic carbocycles. The maximum Gasteiger partial charge on any atom is 0.238 e. The number of nitrogens with zero attached hydrogens (tertiary/aromatic N) is 2. The highest BCUT2D eigenvalue weighted by atomic mass is 32.1. The van der Waals surface area contributed by atoms with E-state index in [0.29, 0.717) is 6.54 Å². The Kier molecular flexibility index (Phi) is 7.65. The second-order valence-electron chi connectivity index (χ2n) is 6.66. The van der Waals surface area contributed by atoms with Crippen molar-refractivity contribution in [3.8, 4) is 0 Å². The van der Waals surface area contributed by atoms with Gasteiger partial charge in [-0.2, -0.15) is 0 Å². The second kappa shape index (κ2) is 9.73. The van der Waals surface area contributed by atoms with Crippen LogP contribution in [0.2, 0.25) is 0 Å². The van der Waals surface area contributed by atoms with Gasteiger partial charge in [0.25, 0.3) is 0 Å². The number of rotatable bonds is 6. The number of nitrogens with one attached hydrogen (secondary N) is 2. The van der Waals surface area contributed by atoms with Gasteiger partial charge in [0, 0.05) is 38.4 Å². The molecule has 0 saturated carbocycles. The van der Waals surface area contributed by atoms with Gasteiger partial charge in [-0.25, -0.2) is 0 Å². The normalized spacial score (nSPS) is 15.1. The molecule has 5 nitrogen and oxygen atoms in total. The van der Waals surface area contributed by atoms with Crippen LogP contribution >= 0.6 is 12.2 Å². The average Bonchev–Trinajstić information content (AvgIpc) is 2.59. The van der Waals surface area contributed by atoms with Gasteiger partial charge in [-0.15, -0.1) is 0 Å². The minimum Gasteiger partial charge on any atom is -0.363 e. The fraction of sp³-hybridized carbons (Fsp3) is 0.579. The molecule has 6 heteroatoms. The minimum atomic E-state index is 0.0505. The molecule has 138 valence electrons. The lowest BCUT2D eigenvalue weighted by Gasteiger charge is -2.35. The molecule has 0 spiro atoms. The molecule has 1 amide bonds. The van der Waals surface area contributed by atoms with E-state index in [2.05, 4.69) is 27.4 Å². The van der Waals surface area contributed by atoms with Gasteiger partial charge in [-0.05, 0) is 43.6 Å². The van der Waals surface area contributed by atoms with E-state index in [1.54, 1.807) is 0 Å². The minimum absolute atomic E-state index is 0.0505. The van der Waals surface area contributed by atoms with E-state index in [0.717, 1.165) is 61.1 Å². The summed E-state index contributed by atoms with van der Waals surface area (Å²) in [6.07, 6.45) is 2.30. The lowest BCUT2D eigenvalue weighted by molar-refractivity contribution is -0.117. The Balaban J connectivity index is 1.76. The SMILES string of the molecule is CCCCNC(=S)N1CCN(CC(=O)Nc2c(C)cccc2C)CC1. The predicted molar refractivity (Wildman–Crippen MR) is 108 cm³/mol. The van der Waals surface area contributed by atoms with Crippen LogP contribution in [0.3, 0.4) is 0 Å². The van der Waals surface area contributed by atoms with Crippen LogP contribution < -0.4 is 10.6 Å². The summed E-state index contributed by atoms with van der Waals surface area (Å²) in [5, 5.41) is 7.22. The molecule has 1 aromatic rings. The van der Waals surface area contributed by atoms with Crippen LogP contribution in [0, 0.1) is 13.8 Å². The highest BCUT2D eigenvalue weighted by Crippen LogP contribution is 2.19. The van der Waals surface area contributed by atoms with Crippen molar-refractivity contribution >= 4 is 28.9 Å². The summed E-state index contributed by atoms with van der Waals surface area (Å²) >= 11 is 5.45. The molecule has 2 rings (SSSR count). The molecule has 0 unspecified atom stereocenters. The number of anilines is 1. The van der Waals surface area contributed by atoms with Crippen molar-refractivity contribution < 1.29 is 4.79 Å². The number of aryl methyl sites for hydroxylation is 2. The third-order valence-corrected chi connectivity index (χ3v) is 4.98. The Bertz CT molecular complexity index is 577. The summed E-state index contributed by atoms with van der Waals surface area (Å²) < 4.78 is 0.